The molecule has 1 fully saturated rings. The fourth-order valence-corrected chi connectivity index (χ4v) is 2.57. The topological polar surface area (TPSA) is 63.4 Å². The second kappa shape index (κ2) is 4.74. The molecular formula is C11H9Cl2FN2O2. The lowest BCUT2D eigenvalue weighted by molar-refractivity contribution is -0.123. The Morgan fingerprint density at radius 3 is 2.39 bits per heavy atom. The fraction of sp³-hybridized carbons (Fsp3) is 0.273. The first-order valence-corrected chi connectivity index (χ1v) is 5.90. The van der Waals surface area contributed by atoms with Crippen molar-refractivity contribution in [3.05, 3.63) is 28.0 Å². The van der Waals surface area contributed by atoms with Crippen LogP contribution in [0.5, 0.6) is 0 Å². The summed E-state index contributed by atoms with van der Waals surface area (Å²) >= 11 is 11.7. The van der Waals surface area contributed by atoms with Gasteiger partial charge in [0.05, 0.1) is 21.7 Å². The number of benzene rings is 1. The smallest absolute Gasteiger partial charge is 0.227 e. The summed E-state index contributed by atoms with van der Waals surface area (Å²) < 4.78 is 13.1. The molecule has 0 saturated carbocycles. The van der Waals surface area contributed by atoms with Crippen molar-refractivity contribution in [1.82, 2.24) is 0 Å². The number of nitrogens with two attached hydrogens (primary N) is 1. The van der Waals surface area contributed by atoms with Gasteiger partial charge in [-0.05, 0) is 12.1 Å². The Labute approximate surface area is 112 Å². The minimum atomic E-state index is -0.591. The average Bonchev–Trinajstić information content (AvgIpc) is 2.59. The molecule has 1 saturated heterocycles. The van der Waals surface area contributed by atoms with Gasteiger partial charge >= 0.3 is 0 Å². The molecule has 1 aliphatic rings. The molecule has 2 rings (SSSR count). The lowest BCUT2D eigenvalue weighted by Gasteiger charge is -2.19. The van der Waals surface area contributed by atoms with Crippen LogP contribution in [-0.4, -0.2) is 18.4 Å². The number of primary amides is 1. The number of rotatable bonds is 2. The van der Waals surface area contributed by atoms with Crippen molar-refractivity contribution in [3.8, 4) is 0 Å². The molecule has 0 radical (unpaired) electrons. The quantitative estimate of drug-likeness (QED) is 0.905. The maximum atomic E-state index is 13.1. The molecule has 4 nitrogen and oxygen atoms in total. The van der Waals surface area contributed by atoms with E-state index < -0.39 is 17.6 Å². The van der Waals surface area contributed by atoms with Crippen LogP contribution in [0.2, 0.25) is 10.0 Å². The number of hydrogen-bond donors (Lipinski definition) is 1. The minimum absolute atomic E-state index is 0.0133. The Bertz CT molecular complexity index is 513. The third kappa shape index (κ3) is 2.28. The van der Waals surface area contributed by atoms with Crippen molar-refractivity contribution in [2.24, 2.45) is 11.7 Å². The second-order valence-electron chi connectivity index (χ2n) is 4.03. The lowest BCUT2D eigenvalue weighted by Crippen LogP contribution is -2.28. The van der Waals surface area contributed by atoms with Crippen LogP contribution in [0.3, 0.4) is 0 Å². The van der Waals surface area contributed by atoms with Crippen LogP contribution in [-0.2, 0) is 9.59 Å². The molecular weight excluding hydrogens is 282 g/mol. The van der Waals surface area contributed by atoms with Crippen molar-refractivity contribution in [1.29, 1.82) is 0 Å². The van der Waals surface area contributed by atoms with E-state index in [1.54, 1.807) is 0 Å². The van der Waals surface area contributed by atoms with Gasteiger partial charge in [0.25, 0.3) is 0 Å². The molecule has 96 valence electrons. The molecule has 1 unspecified atom stereocenters. The van der Waals surface area contributed by atoms with Crippen LogP contribution in [0, 0.1) is 11.7 Å². The molecule has 2 amide bonds. The first-order chi connectivity index (χ1) is 8.40. The Kier molecular flexibility index (Phi) is 3.45. The van der Waals surface area contributed by atoms with Crippen LogP contribution in [0.1, 0.15) is 6.42 Å². The highest BCUT2D eigenvalue weighted by molar-refractivity contribution is 6.40. The van der Waals surface area contributed by atoms with Gasteiger partial charge in [0.1, 0.15) is 5.82 Å². The van der Waals surface area contributed by atoms with Crippen molar-refractivity contribution in [3.63, 3.8) is 0 Å². The molecule has 1 aromatic carbocycles. The van der Waals surface area contributed by atoms with Gasteiger partial charge in [0.15, 0.2) is 0 Å². The predicted molar refractivity (Wildman–Crippen MR) is 66.1 cm³/mol. The van der Waals surface area contributed by atoms with E-state index in [1.807, 2.05) is 0 Å². The number of halogens is 3. The monoisotopic (exact) mass is 290 g/mol. The summed E-state index contributed by atoms with van der Waals surface area (Å²) in [6, 6.07) is 2.13. The van der Waals surface area contributed by atoms with Crippen molar-refractivity contribution >= 4 is 40.7 Å². The standard InChI is InChI=1S/C11H9Cl2FN2O2/c12-7-2-6(14)3-8(13)10(7)16-4-5(11(15)18)1-9(16)17/h2-3,5H,1,4H2,(H2,15,18). The molecule has 0 aliphatic carbocycles. The third-order valence-electron chi connectivity index (χ3n) is 2.78. The Balaban J connectivity index is 2.39. The third-order valence-corrected chi connectivity index (χ3v) is 3.36. The number of amides is 2. The number of carbonyl (C=O) groups is 2. The summed E-state index contributed by atoms with van der Waals surface area (Å²) in [5.41, 5.74) is 5.37. The van der Waals surface area contributed by atoms with Crippen LogP contribution in [0.4, 0.5) is 10.1 Å². The van der Waals surface area contributed by atoms with Crippen LogP contribution >= 0.6 is 23.2 Å². The summed E-state index contributed by atoms with van der Waals surface area (Å²) in [6.07, 6.45) is 0.0133. The van der Waals surface area contributed by atoms with E-state index in [9.17, 15) is 14.0 Å². The number of carbonyl (C=O) groups excluding carboxylic acids is 2. The zero-order chi connectivity index (χ0) is 13.4. The largest absolute Gasteiger partial charge is 0.369 e. The lowest BCUT2D eigenvalue weighted by atomic mass is 10.1. The highest BCUT2D eigenvalue weighted by atomic mass is 35.5. The van der Waals surface area contributed by atoms with E-state index >= 15 is 0 Å². The normalized spacial score (nSPS) is 19.4. The minimum Gasteiger partial charge on any atom is -0.369 e. The van der Waals surface area contributed by atoms with Gasteiger partial charge in [-0.1, -0.05) is 23.2 Å². The molecule has 1 heterocycles. The highest BCUT2D eigenvalue weighted by Gasteiger charge is 2.35. The summed E-state index contributed by atoms with van der Waals surface area (Å²) in [6.45, 7) is 0.110. The maximum absolute atomic E-state index is 13.1. The van der Waals surface area contributed by atoms with Crippen LogP contribution in [0.15, 0.2) is 12.1 Å². The molecule has 18 heavy (non-hydrogen) atoms. The van der Waals surface area contributed by atoms with E-state index in [2.05, 4.69) is 0 Å². The molecule has 0 spiro atoms. The molecule has 7 heteroatoms. The van der Waals surface area contributed by atoms with Crippen molar-refractivity contribution in [2.45, 2.75) is 6.42 Å². The van der Waals surface area contributed by atoms with Gasteiger partial charge in [-0.3, -0.25) is 9.59 Å². The van der Waals surface area contributed by atoms with E-state index in [0.717, 1.165) is 12.1 Å². The van der Waals surface area contributed by atoms with E-state index in [1.165, 1.54) is 4.90 Å². The first-order valence-electron chi connectivity index (χ1n) is 5.14. The fourth-order valence-electron chi connectivity index (χ4n) is 1.91. The Morgan fingerprint density at radius 1 is 1.39 bits per heavy atom. The van der Waals surface area contributed by atoms with Gasteiger partial charge in [-0.25, -0.2) is 4.39 Å². The molecule has 1 aliphatic heterocycles. The number of hydrogen-bond acceptors (Lipinski definition) is 2. The van der Waals surface area contributed by atoms with Gasteiger partial charge in [0, 0.05) is 13.0 Å². The molecule has 0 aromatic heterocycles. The van der Waals surface area contributed by atoms with Crippen molar-refractivity contribution in [2.75, 3.05) is 11.4 Å². The summed E-state index contributed by atoms with van der Waals surface area (Å²) in [5.74, 6) is -2.03. The number of nitrogens with zero attached hydrogens (tertiary/aromatic N) is 1. The SMILES string of the molecule is NC(=O)C1CC(=O)N(c2c(Cl)cc(F)cc2Cl)C1. The summed E-state index contributed by atoms with van der Waals surface area (Å²) in [5, 5.41) is 0.0527. The molecule has 0 bridgehead atoms. The van der Waals surface area contributed by atoms with Gasteiger partial charge in [-0.15, -0.1) is 0 Å². The van der Waals surface area contributed by atoms with Crippen LogP contribution in [0.25, 0.3) is 0 Å². The summed E-state index contributed by atoms with van der Waals surface area (Å²) in [4.78, 5) is 24.1. The Hall–Kier alpha value is -1.33. The predicted octanol–water partition coefficient (Wildman–Crippen LogP) is 1.97. The van der Waals surface area contributed by atoms with Crippen molar-refractivity contribution < 1.29 is 14.0 Å². The molecule has 1 atom stereocenters. The first kappa shape index (κ1) is 13.1. The van der Waals surface area contributed by atoms with E-state index in [-0.39, 0.29) is 34.6 Å². The zero-order valence-corrected chi connectivity index (χ0v) is 10.6. The molecule has 1 aromatic rings. The summed E-state index contributed by atoms with van der Waals surface area (Å²) in [7, 11) is 0. The van der Waals surface area contributed by atoms with E-state index in [0.29, 0.717) is 0 Å². The van der Waals surface area contributed by atoms with Gasteiger partial charge in [-0.2, -0.15) is 0 Å². The zero-order valence-electron chi connectivity index (χ0n) is 9.12. The van der Waals surface area contributed by atoms with Gasteiger partial charge < -0.3 is 10.6 Å². The average molecular weight is 291 g/mol. The Morgan fingerprint density at radius 2 is 1.94 bits per heavy atom. The molecule has 2 N–H and O–H groups in total. The maximum Gasteiger partial charge on any atom is 0.227 e. The highest BCUT2D eigenvalue weighted by Crippen LogP contribution is 2.37. The number of anilines is 1. The van der Waals surface area contributed by atoms with Crippen LogP contribution < -0.4 is 10.6 Å². The van der Waals surface area contributed by atoms with E-state index in [4.69, 9.17) is 28.9 Å². The second-order valence-corrected chi connectivity index (χ2v) is 4.84. The van der Waals surface area contributed by atoms with Gasteiger partial charge in [0.2, 0.25) is 11.8 Å².